The van der Waals surface area contributed by atoms with Crippen LogP contribution < -0.4 is 4.57 Å². The maximum atomic E-state index is 3.64. The van der Waals surface area contributed by atoms with Gasteiger partial charge in [0.25, 0.3) is 0 Å². The topological polar surface area (TPSA) is 3.88 Å². The van der Waals surface area contributed by atoms with Crippen molar-refractivity contribution in [1.29, 1.82) is 0 Å². The molecule has 0 aliphatic rings. The van der Waals surface area contributed by atoms with Gasteiger partial charge in [0, 0.05) is 6.07 Å². The van der Waals surface area contributed by atoms with Crippen molar-refractivity contribution in [2.24, 2.45) is 0 Å². The molecule has 0 saturated carbocycles. The predicted molar refractivity (Wildman–Crippen MR) is 89.5 cm³/mol. The molecule has 1 nitrogen and oxygen atoms in total. The molecule has 0 fully saturated rings. The SMILES string of the molecule is CCCCCCCCSC[n+]1ccc(CC)c(Br)c1. The third kappa shape index (κ3) is 7.36. The molecular weight excluding hydrogens is 318 g/mol. The summed E-state index contributed by atoms with van der Waals surface area (Å²) < 4.78 is 3.50. The Morgan fingerprint density at radius 2 is 1.84 bits per heavy atom. The number of hydrogen-bond donors (Lipinski definition) is 0. The summed E-state index contributed by atoms with van der Waals surface area (Å²) in [7, 11) is 0. The maximum absolute atomic E-state index is 3.64. The molecule has 0 aliphatic carbocycles. The van der Waals surface area contributed by atoms with Crippen molar-refractivity contribution < 1.29 is 4.57 Å². The van der Waals surface area contributed by atoms with Gasteiger partial charge in [0.2, 0.25) is 0 Å². The van der Waals surface area contributed by atoms with Crippen LogP contribution in [0.5, 0.6) is 0 Å². The van der Waals surface area contributed by atoms with Crippen LogP contribution in [0.1, 0.15) is 57.9 Å². The zero-order chi connectivity index (χ0) is 13.9. The molecule has 1 aromatic heterocycles. The van der Waals surface area contributed by atoms with Gasteiger partial charge in [-0.2, -0.15) is 4.57 Å². The quantitative estimate of drug-likeness (QED) is 0.408. The third-order valence-electron chi connectivity index (χ3n) is 3.32. The highest BCUT2D eigenvalue weighted by atomic mass is 79.9. The highest BCUT2D eigenvalue weighted by Crippen LogP contribution is 2.15. The molecule has 1 rings (SSSR count). The summed E-state index contributed by atoms with van der Waals surface area (Å²) in [5.41, 5.74) is 1.39. The number of unbranched alkanes of at least 4 members (excludes halogenated alkanes) is 5. The fraction of sp³-hybridized carbons (Fsp3) is 0.688. The van der Waals surface area contributed by atoms with E-state index in [4.69, 9.17) is 0 Å². The summed E-state index contributed by atoms with van der Waals surface area (Å²) in [5, 5.41) is 0. The number of aromatic nitrogens is 1. The van der Waals surface area contributed by atoms with Crippen molar-refractivity contribution in [3.8, 4) is 0 Å². The van der Waals surface area contributed by atoms with Gasteiger partial charge in [0.1, 0.15) is 0 Å². The van der Waals surface area contributed by atoms with Crippen LogP contribution in [0, 0.1) is 0 Å². The van der Waals surface area contributed by atoms with E-state index in [0.717, 1.165) is 12.3 Å². The molecule has 0 aliphatic heterocycles. The zero-order valence-electron chi connectivity index (χ0n) is 12.3. The second-order valence-electron chi connectivity index (χ2n) is 4.99. The molecule has 19 heavy (non-hydrogen) atoms. The van der Waals surface area contributed by atoms with Crippen LogP contribution >= 0.6 is 27.7 Å². The summed E-state index contributed by atoms with van der Waals surface area (Å²) >= 11 is 5.67. The molecule has 0 saturated heterocycles. The number of halogens is 1. The Hall–Kier alpha value is -0.0200. The van der Waals surface area contributed by atoms with E-state index in [1.54, 1.807) is 0 Å². The number of pyridine rings is 1. The van der Waals surface area contributed by atoms with E-state index in [0.29, 0.717) is 0 Å². The maximum Gasteiger partial charge on any atom is 0.194 e. The van der Waals surface area contributed by atoms with Gasteiger partial charge in [0.15, 0.2) is 18.3 Å². The van der Waals surface area contributed by atoms with Crippen LogP contribution in [0.4, 0.5) is 0 Å². The normalized spacial score (nSPS) is 10.9. The minimum Gasteiger partial charge on any atom is -0.194 e. The van der Waals surface area contributed by atoms with Crippen LogP contribution in [0.3, 0.4) is 0 Å². The Balaban J connectivity index is 2.11. The third-order valence-corrected chi connectivity index (χ3v) is 5.09. The summed E-state index contributed by atoms with van der Waals surface area (Å²) in [6.45, 7) is 4.47. The van der Waals surface area contributed by atoms with Crippen LogP contribution in [0.2, 0.25) is 0 Å². The first kappa shape index (κ1) is 17.0. The predicted octanol–water partition coefficient (Wildman–Crippen LogP) is 5.35. The summed E-state index contributed by atoms with van der Waals surface area (Å²) in [6, 6.07) is 2.22. The lowest BCUT2D eigenvalue weighted by atomic mass is 10.1. The number of aryl methyl sites for hydroxylation is 1. The molecule has 0 radical (unpaired) electrons. The number of nitrogens with zero attached hydrogens (tertiary/aromatic N) is 1. The van der Waals surface area contributed by atoms with Crippen molar-refractivity contribution >= 4 is 27.7 Å². The van der Waals surface area contributed by atoms with Gasteiger partial charge in [-0.05, 0) is 40.1 Å². The molecule has 3 heteroatoms. The smallest absolute Gasteiger partial charge is 0.194 e. The lowest BCUT2D eigenvalue weighted by molar-refractivity contribution is -0.676. The largest absolute Gasteiger partial charge is 0.194 e. The molecule has 0 unspecified atom stereocenters. The van der Waals surface area contributed by atoms with Gasteiger partial charge < -0.3 is 0 Å². The van der Waals surface area contributed by atoms with Gasteiger partial charge in [-0.1, -0.05) is 57.7 Å². The van der Waals surface area contributed by atoms with Crippen LogP contribution in [0.15, 0.2) is 22.9 Å². The van der Waals surface area contributed by atoms with E-state index < -0.39 is 0 Å². The van der Waals surface area contributed by atoms with E-state index in [1.165, 1.54) is 54.3 Å². The van der Waals surface area contributed by atoms with Crippen molar-refractivity contribution in [3.05, 3.63) is 28.5 Å². The Morgan fingerprint density at radius 3 is 2.53 bits per heavy atom. The number of hydrogen-bond acceptors (Lipinski definition) is 1. The Kier molecular flexibility index (Phi) is 9.62. The molecule has 0 amide bonds. The fourth-order valence-corrected chi connectivity index (χ4v) is 3.64. The molecule has 1 heterocycles. The first-order chi connectivity index (χ1) is 9.27. The van der Waals surface area contributed by atoms with Gasteiger partial charge in [-0.15, -0.1) is 0 Å². The number of thioether (sulfide) groups is 1. The van der Waals surface area contributed by atoms with Crippen molar-refractivity contribution in [1.82, 2.24) is 0 Å². The minimum absolute atomic E-state index is 1.07. The average Bonchev–Trinajstić information content (AvgIpc) is 2.42. The van der Waals surface area contributed by atoms with E-state index in [1.807, 2.05) is 11.8 Å². The van der Waals surface area contributed by atoms with Crippen LogP contribution in [0.25, 0.3) is 0 Å². The van der Waals surface area contributed by atoms with E-state index in [2.05, 4.69) is 52.8 Å². The van der Waals surface area contributed by atoms with Gasteiger partial charge in [-0.3, -0.25) is 0 Å². The molecule has 0 aromatic carbocycles. The molecular formula is C16H27BrNS+. The zero-order valence-corrected chi connectivity index (χ0v) is 14.7. The van der Waals surface area contributed by atoms with E-state index in [-0.39, 0.29) is 0 Å². The summed E-state index contributed by atoms with van der Waals surface area (Å²) in [4.78, 5) is 0. The standard InChI is InChI=1S/C16H27BrNS/c1-3-5-6-7-8-9-12-19-14-18-11-10-15(4-2)16(17)13-18/h10-11,13H,3-9,12,14H2,1-2H3/q+1. The van der Waals surface area contributed by atoms with Gasteiger partial charge in [-0.25, -0.2) is 0 Å². The molecule has 0 atom stereocenters. The minimum atomic E-state index is 1.07. The Bertz CT molecular complexity index is 355. The number of rotatable bonds is 10. The van der Waals surface area contributed by atoms with Crippen molar-refractivity contribution in [2.75, 3.05) is 5.75 Å². The van der Waals surface area contributed by atoms with Crippen molar-refractivity contribution in [2.45, 2.75) is 64.7 Å². The molecule has 1 aromatic rings. The first-order valence-electron chi connectivity index (χ1n) is 7.53. The fourth-order valence-electron chi connectivity index (χ4n) is 2.06. The Labute approximate surface area is 131 Å². The molecule has 108 valence electrons. The monoisotopic (exact) mass is 344 g/mol. The average molecular weight is 345 g/mol. The van der Waals surface area contributed by atoms with Gasteiger partial charge >= 0.3 is 0 Å². The first-order valence-corrected chi connectivity index (χ1v) is 9.48. The van der Waals surface area contributed by atoms with Crippen LogP contribution in [-0.2, 0) is 12.3 Å². The highest BCUT2D eigenvalue weighted by molar-refractivity contribution is 9.10. The highest BCUT2D eigenvalue weighted by Gasteiger charge is 2.05. The molecule has 0 N–H and O–H groups in total. The summed E-state index contributed by atoms with van der Waals surface area (Å²) in [5.74, 6) is 2.35. The van der Waals surface area contributed by atoms with Crippen molar-refractivity contribution in [3.63, 3.8) is 0 Å². The van der Waals surface area contributed by atoms with Crippen LogP contribution in [-0.4, -0.2) is 5.75 Å². The second-order valence-corrected chi connectivity index (χ2v) is 6.92. The molecule has 0 bridgehead atoms. The second kappa shape index (κ2) is 10.7. The Morgan fingerprint density at radius 1 is 1.11 bits per heavy atom. The lowest BCUT2D eigenvalue weighted by Crippen LogP contribution is -2.31. The summed E-state index contributed by atoms with van der Waals surface area (Å²) in [6.07, 6.45) is 13.8. The van der Waals surface area contributed by atoms with Gasteiger partial charge in [0.05, 0.1) is 4.47 Å². The lowest BCUT2D eigenvalue weighted by Gasteiger charge is -2.02. The van der Waals surface area contributed by atoms with E-state index >= 15 is 0 Å². The molecule has 0 spiro atoms. The van der Waals surface area contributed by atoms with E-state index in [9.17, 15) is 0 Å².